The van der Waals surface area contributed by atoms with E-state index < -0.39 is 18.0 Å². The van der Waals surface area contributed by atoms with Crippen molar-refractivity contribution >= 4 is 26.9 Å². The summed E-state index contributed by atoms with van der Waals surface area (Å²) in [5, 5.41) is 8.60. The maximum atomic E-state index is 10.7. The molecule has 0 saturated carbocycles. The van der Waals surface area contributed by atoms with Crippen molar-refractivity contribution in [2.75, 3.05) is 20.8 Å². The van der Waals surface area contributed by atoms with Crippen molar-refractivity contribution in [3.8, 4) is 0 Å². The van der Waals surface area contributed by atoms with Crippen molar-refractivity contribution < 1.29 is 33.7 Å². The molecule has 0 aromatic heterocycles. The maximum absolute atomic E-state index is 10.7. The molecule has 0 bridgehead atoms. The van der Waals surface area contributed by atoms with E-state index in [1.165, 1.54) is 29.2 Å². The summed E-state index contributed by atoms with van der Waals surface area (Å²) in [5.41, 5.74) is 4.62. The Kier molecular flexibility index (Phi) is 15.4. The number of aliphatic hydroxyl groups excluding tert-OH is 1. The SMILES string of the molecule is C=C(NO[B]C)C(=O)OC.C[B]ONC(CO)C(=O)OC. The van der Waals surface area contributed by atoms with Gasteiger partial charge in [0.05, 0.1) is 20.8 Å². The molecule has 0 aliphatic rings. The van der Waals surface area contributed by atoms with Crippen LogP contribution in [0.25, 0.3) is 0 Å². The molecule has 0 saturated heterocycles. The fourth-order valence-electron chi connectivity index (χ4n) is 0.747. The van der Waals surface area contributed by atoms with Crippen LogP contribution in [0.1, 0.15) is 0 Å². The average Bonchev–Trinajstić information content (AvgIpc) is 2.52. The molecule has 1 atom stereocenters. The molecule has 1 unspecified atom stereocenters. The van der Waals surface area contributed by atoms with Crippen LogP contribution in [0.5, 0.6) is 0 Å². The summed E-state index contributed by atoms with van der Waals surface area (Å²) in [6.07, 6.45) is 0. The summed E-state index contributed by atoms with van der Waals surface area (Å²) in [7, 11) is 5.24. The summed E-state index contributed by atoms with van der Waals surface area (Å²) >= 11 is 0. The van der Waals surface area contributed by atoms with E-state index in [0.717, 1.165) is 0 Å². The number of hydrogen-bond acceptors (Lipinski definition) is 9. The highest BCUT2D eigenvalue weighted by Crippen LogP contribution is 1.86. The minimum Gasteiger partial charge on any atom is -0.468 e. The fourth-order valence-corrected chi connectivity index (χ4v) is 0.747. The zero-order valence-corrected chi connectivity index (χ0v) is 12.5. The lowest BCUT2D eigenvalue weighted by Gasteiger charge is -2.12. The lowest BCUT2D eigenvalue weighted by molar-refractivity contribution is -0.146. The number of carbonyl (C=O) groups excluding carboxylic acids is 2. The Morgan fingerprint density at radius 1 is 1.19 bits per heavy atom. The standard InChI is InChI=1S/C5H11BNO4.C5H9BNO3/c1-6-11-7-4(3-8)5(9)10-2;1-4(5(8)9-3)7-10-6-2/h4,7-8H,3H2,1-2H3;7H,1H2,2-3H3. The molecule has 0 aromatic carbocycles. The van der Waals surface area contributed by atoms with E-state index in [-0.39, 0.29) is 12.3 Å². The number of nitrogens with one attached hydrogen (secondary N) is 2. The fraction of sp³-hybridized carbons (Fsp3) is 0.600. The van der Waals surface area contributed by atoms with E-state index in [0.29, 0.717) is 0 Å². The average molecular weight is 302 g/mol. The predicted octanol–water partition coefficient (Wildman–Crippen LogP) is -1.43. The van der Waals surface area contributed by atoms with Gasteiger partial charge in [0.1, 0.15) is 5.70 Å². The molecule has 2 radical (unpaired) electrons. The van der Waals surface area contributed by atoms with Gasteiger partial charge >= 0.3 is 26.9 Å². The van der Waals surface area contributed by atoms with Crippen molar-refractivity contribution in [3.63, 3.8) is 0 Å². The lowest BCUT2D eigenvalue weighted by Crippen LogP contribution is -2.40. The molecule has 0 heterocycles. The first-order valence-electron chi connectivity index (χ1n) is 5.82. The molecule has 11 heteroatoms. The molecule has 0 aliphatic carbocycles. The largest absolute Gasteiger partial charge is 0.468 e. The van der Waals surface area contributed by atoms with Crippen LogP contribution in [0.2, 0.25) is 13.6 Å². The zero-order chi connectivity index (χ0) is 16.7. The number of hydrogen-bond donors (Lipinski definition) is 3. The van der Waals surface area contributed by atoms with Crippen molar-refractivity contribution in [3.05, 3.63) is 12.3 Å². The summed E-state index contributed by atoms with van der Waals surface area (Å²) in [4.78, 5) is 21.2. The minimum absolute atomic E-state index is 0.0700. The highest BCUT2D eigenvalue weighted by Gasteiger charge is 2.16. The van der Waals surface area contributed by atoms with Gasteiger partial charge in [0.15, 0.2) is 6.04 Å². The highest BCUT2D eigenvalue weighted by molar-refractivity contribution is 6.24. The third-order valence-electron chi connectivity index (χ3n) is 1.73. The number of hydroxylamine groups is 2. The van der Waals surface area contributed by atoms with E-state index in [1.54, 1.807) is 13.6 Å². The van der Waals surface area contributed by atoms with Crippen LogP contribution in [-0.4, -0.2) is 58.9 Å². The molecule has 0 rings (SSSR count). The first-order valence-corrected chi connectivity index (χ1v) is 5.82. The van der Waals surface area contributed by atoms with E-state index in [4.69, 9.17) is 5.11 Å². The van der Waals surface area contributed by atoms with Crippen LogP contribution in [0.4, 0.5) is 0 Å². The van der Waals surface area contributed by atoms with Gasteiger partial charge in [0.2, 0.25) is 0 Å². The van der Waals surface area contributed by atoms with Crippen molar-refractivity contribution in [1.82, 2.24) is 11.0 Å². The summed E-state index contributed by atoms with van der Waals surface area (Å²) in [5.74, 6) is -1.10. The first kappa shape index (κ1) is 21.7. The Balaban J connectivity index is 0. The summed E-state index contributed by atoms with van der Waals surface area (Å²) < 4.78 is 17.8. The molecule has 0 aromatic rings. The summed E-state index contributed by atoms with van der Waals surface area (Å²) in [6, 6.07) is -0.823. The molecule has 0 spiro atoms. The third kappa shape index (κ3) is 11.9. The maximum Gasteiger partial charge on any atom is 0.355 e. The van der Waals surface area contributed by atoms with Crippen molar-refractivity contribution in [2.24, 2.45) is 0 Å². The number of esters is 2. The van der Waals surface area contributed by atoms with E-state index in [2.05, 4.69) is 36.5 Å². The van der Waals surface area contributed by atoms with Gasteiger partial charge in [-0.05, 0) is 0 Å². The van der Waals surface area contributed by atoms with Gasteiger partial charge in [0.25, 0.3) is 0 Å². The molecule has 0 fully saturated rings. The van der Waals surface area contributed by atoms with Crippen molar-refractivity contribution in [1.29, 1.82) is 0 Å². The van der Waals surface area contributed by atoms with Gasteiger partial charge in [-0.3, -0.25) is 10.3 Å². The molecular weight excluding hydrogens is 282 g/mol. The molecule has 3 N–H and O–H groups in total. The third-order valence-corrected chi connectivity index (χ3v) is 1.73. The van der Waals surface area contributed by atoms with E-state index in [1.807, 2.05) is 0 Å². The van der Waals surface area contributed by atoms with Gasteiger partial charge in [-0.15, -0.1) is 0 Å². The van der Waals surface area contributed by atoms with Crippen LogP contribution in [0, 0.1) is 0 Å². The Labute approximate surface area is 125 Å². The van der Waals surface area contributed by atoms with Crippen LogP contribution < -0.4 is 11.0 Å². The second-order valence-corrected chi connectivity index (χ2v) is 3.16. The molecule has 118 valence electrons. The normalized spacial score (nSPS) is 10.3. The molecule has 9 nitrogen and oxygen atoms in total. The van der Waals surface area contributed by atoms with E-state index in [9.17, 15) is 9.59 Å². The Hall–Kier alpha value is -1.55. The number of rotatable bonds is 9. The quantitative estimate of drug-likeness (QED) is 0.204. The molecular formula is C10H20B2N2O7. The number of ether oxygens (including phenoxy) is 2. The van der Waals surface area contributed by atoms with Gasteiger partial charge in [0, 0.05) is 0 Å². The van der Waals surface area contributed by atoms with E-state index >= 15 is 0 Å². The topological polar surface area (TPSA) is 115 Å². The Morgan fingerprint density at radius 2 is 1.76 bits per heavy atom. The van der Waals surface area contributed by atoms with Gasteiger partial charge in [-0.25, -0.2) is 10.3 Å². The molecule has 21 heavy (non-hydrogen) atoms. The predicted molar refractivity (Wildman–Crippen MR) is 75.7 cm³/mol. The highest BCUT2D eigenvalue weighted by atomic mass is 16.6. The molecule has 0 amide bonds. The number of aliphatic hydroxyl groups is 1. The first-order chi connectivity index (χ1) is 9.98. The minimum atomic E-state index is -0.823. The molecule has 0 aliphatic heterocycles. The second kappa shape index (κ2) is 14.9. The van der Waals surface area contributed by atoms with Crippen LogP contribution in [0.3, 0.4) is 0 Å². The van der Waals surface area contributed by atoms with Gasteiger partial charge < -0.3 is 24.1 Å². The van der Waals surface area contributed by atoms with Crippen molar-refractivity contribution in [2.45, 2.75) is 19.7 Å². The van der Waals surface area contributed by atoms with Crippen LogP contribution >= 0.6 is 0 Å². The Morgan fingerprint density at radius 3 is 2.14 bits per heavy atom. The number of carbonyl (C=O) groups is 2. The van der Waals surface area contributed by atoms with Crippen LogP contribution in [0.15, 0.2) is 12.3 Å². The lowest BCUT2D eigenvalue weighted by atomic mass is 10.1. The Bertz CT molecular complexity index is 318. The smallest absolute Gasteiger partial charge is 0.355 e. The van der Waals surface area contributed by atoms with Gasteiger partial charge in [-0.1, -0.05) is 20.2 Å². The summed E-state index contributed by atoms with van der Waals surface area (Å²) in [6.45, 7) is 6.27. The zero-order valence-electron chi connectivity index (χ0n) is 12.5. The second-order valence-electron chi connectivity index (χ2n) is 3.16. The van der Waals surface area contributed by atoms with Crippen LogP contribution in [-0.2, 0) is 28.6 Å². The number of methoxy groups -OCH3 is 2. The monoisotopic (exact) mass is 302 g/mol. The van der Waals surface area contributed by atoms with Gasteiger partial charge in [-0.2, -0.15) is 0 Å².